The van der Waals surface area contributed by atoms with E-state index in [1.165, 1.54) is 24.5 Å². The Morgan fingerprint density at radius 1 is 1.03 bits per heavy atom. The maximum absolute atomic E-state index is 14.4. The highest BCUT2D eigenvalue weighted by molar-refractivity contribution is 5.65. The largest absolute Gasteiger partial charge is 0.491 e. The number of hydrogen-bond donors (Lipinski definition) is 0. The van der Waals surface area contributed by atoms with Crippen LogP contribution in [0, 0.1) is 17.6 Å². The van der Waals surface area contributed by atoms with Crippen LogP contribution in [-0.2, 0) is 6.42 Å². The van der Waals surface area contributed by atoms with Gasteiger partial charge in [-0.3, -0.25) is 0 Å². The van der Waals surface area contributed by atoms with Gasteiger partial charge in [0, 0.05) is 5.56 Å². The molecule has 0 N–H and O–H groups in total. The molecule has 0 aromatic heterocycles. The van der Waals surface area contributed by atoms with Gasteiger partial charge in [0.2, 0.25) is 5.82 Å². The van der Waals surface area contributed by atoms with Crippen molar-refractivity contribution in [3.8, 4) is 16.9 Å². The molecule has 164 valence electrons. The van der Waals surface area contributed by atoms with Crippen LogP contribution in [0.25, 0.3) is 11.1 Å². The van der Waals surface area contributed by atoms with Crippen molar-refractivity contribution in [3.63, 3.8) is 0 Å². The Morgan fingerprint density at radius 2 is 1.84 bits per heavy atom. The number of ether oxygens (including phenoxy) is 1. The van der Waals surface area contributed by atoms with Gasteiger partial charge in [0.1, 0.15) is 0 Å². The van der Waals surface area contributed by atoms with Crippen molar-refractivity contribution in [2.45, 2.75) is 51.9 Å². The zero-order valence-corrected chi connectivity index (χ0v) is 18.4. The SMILES string of the molecule is C=CCCC1=CCC(C=CCCc2ccc(-c3ccc(OCC)c(F)c3F)cc2)CC1. The summed E-state index contributed by atoms with van der Waals surface area (Å²) in [5, 5.41) is 0. The Labute approximate surface area is 185 Å². The van der Waals surface area contributed by atoms with Crippen LogP contribution in [-0.4, -0.2) is 6.61 Å². The van der Waals surface area contributed by atoms with Crippen molar-refractivity contribution in [3.05, 3.63) is 90.1 Å². The first-order valence-corrected chi connectivity index (χ1v) is 11.3. The Morgan fingerprint density at radius 3 is 2.52 bits per heavy atom. The molecule has 1 aliphatic rings. The standard InChI is InChI=1S/C28H32F2O/c1-3-5-8-21-11-13-22(14-12-21)9-6-7-10-23-15-17-24(18-16-23)25-19-20-26(31-4-2)28(30)27(25)29/h3,6,9,11,15-20,22H,1,4-5,7-8,10,12-14H2,2H3. The van der Waals surface area contributed by atoms with E-state index in [-0.39, 0.29) is 11.3 Å². The quantitative estimate of drug-likeness (QED) is 0.351. The first-order valence-electron chi connectivity index (χ1n) is 11.3. The summed E-state index contributed by atoms with van der Waals surface area (Å²) in [7, 11) is 0. The molecular formula is C28H32F2O. The molecule has 0 spiro atoms. The van der Waals surface area contributed by atoms with Crippen LogP contribution < -0.4 is 4.74 Å². The summed E-state index contributed by atoms with van der Waals surface area (Å²) >= 11 is 0. The Hall–Kier alpha value is -2.68. The van der Waals surface area contributed by atoms with Crippen LogP contribution in [0.5, 0.6) is 5.75 Å². The molecule has 0 fully saturated rings. The lowest BCUT2D eigenvalue weighted by Crippen LogP contribution is -2.03. The van der Waals surface area contributed by atoms with E-state index in [2.05, 4.69) is 24.8 Å². The van der Waals surface area contributed by atoms with Gasteiger partial charge in [-0.15, -0.1) is 6.58 Å². The highest BCUT2D eigenvalue weighted by Gasteiger charge is 2.15. The smallest absolute Gasteiger partial charge is 0.201 e. The molecule has 1 nitrogen and oxygen atoms in total. The second-order valence-corrected chi connectivity index (χ2v) is 8.06. The molecule has 2 aromatic carbocycles. The fourth-order valence-electron chi connectivity index (χ4n) is 4.01. The number of aryl methyl sites for hydroxylation is 1. The van der Waals surface area contributed by atoms with Gasteiger partial charge in [-0.05, 0) is 81.0 Å². The van der Waals surface area contributed by atoms with Gasteiger partial charge >= 0.3 is 0 Å². The average molecular weight is 423 g/mol. The zero-order chi connectivity index (χ0) is 22.1. The minimum Gasteiger partial charge on any atom is -0.491 e. The summed E-state index contributed by atoms with van der Waals surface area (Å²) in [5.41, 5.74) is 3.69. The molecule has 1 aliphatic carbocycles. The lowest BCUT2D eigenvalue weighted by molar-refractivity contribution is 0.314. The van der Waals surface area contributed by atoms with Crippen molar-refractivity contribution in [1.29, 1.82) is 0 Å². The number of rotatable bonds is 10. The van der Waals surface area contributed by atoms with Gasteiger partial charge < -0.3 is 4.74 Å². The van der Waals surface area contributed by atoms with Crippen LogP contribution in [0.15, 0.2) is 72.9 Å². The van der Waals surface area contributed by atoms with Crippen LogP contribution >= 0.6 is 0 Å². The van der Waals surface area contributed by atoms with E-state index in [1.54, 1.807) is 18.6 Å². The fraction of sp³-hybridized carbons (Fsp3) is 0.357. The third-order valence-corrected chi connectivity index (χ3v) is 5.83. The number of halogens is 2. The summed E-state index contributed by atoms with van der Waals surface area (Å²) in [4.78, 5) is 0. The third-order valence-electron chi connectivity index (χ3n) is 5.83. The minimum absolute atomic E-state index is 0.0476. The Bertz CT molecular complexity index is 925. The lowest BCUT2D eigenvalue weighted by Gasteiger charge is -2.18. The summed E-state index contributed by atoms with van der Waals surface area (Å²) in [6.45, 7) is 5.84. The highest BCUT2D eigenvalue weighted by Crippen LogP contribution is 2.30. The molecule has 0 radical (unpaired) electrons. The molecule has 3 rings (SSSR count). The molecule has 1 atom stereocenters. The van der Waals surface area contributed by atoms with Crippen LogP contribution in [0.3, 0.4) is 0 Å². The van der Waals surface area contributed by atoms with Gasteiger partial charge in [-0.2, -0.15) is 4.39 Å². The number of allylic oxidation sites excluding steroid dienone is 5. The van der Waals surface area contributed by atoms with Crippen LogP contribution in [0.2, 0.25) is 0 Å². The maximum Gasteiger partial charge on any atom is 0.201 e. The molecule has 3 heteroatoms. The molecule has 0 saturated carbocycles. The van der Waals surface area contributed by atoms with Gasteiger partial charge in [0.25, 0.3) is 0 Å². The number of benzene rings is 2. The molecular weight excluding hydrogens is 390 g/mol. The summed E-state index contributed by atoms with van der Waals surface area (Å²) < 4.78 is 33.7. The summed E-state index contributed by atoms with van der Waals surface area (Å²) in [5.74, 6) is -1.20. The van der Waals surface area contributed by atoms with E-state index in [1.807, 2.05) is 30.3 Å². The van der Waals surface area contributed by atoms with Crippen LogP contribution in [0.4, 0.5) is 8.78 Å². The van der Waals surface area contributed by atoms with Gasteiger partial charge in [0.05, 0.1) is 6.61 Å². The Balaban J connectivity index is 1.51. The van der Waals surface area contributed by atoms with Gasteiger partial charge in [0.15, 0.2) is 11.6 Å². The van der Waals surface area contributed by atoms with E-state index < -0.39 is 11.6 Å². The molecule has 0 aliphatic heterocycles. The summed E-state index contributed by atoms with van der Waals surface area (Å²) in [6, 6.07) is 10.8. The van der Waals surface area contributed by atoms with Crippen LogP contribution in [0.1, 0.15) is 51.0 Å². The molecule has 0 saturated heterocycles. The summed E-state index contributed by atoms with van der Waals surface area (Å²) in [6.07, 6.45) is 16.8. The Kier molecular flexibility index (Phi) is 8.63. The predicted molar refractivity (Wildman–Crippen MR) is 125 cm³/mol. The maximum atomic E-state index is 14.4. The second kappa shape index (κ2) is 11.6. The van der Waals surface area contributed by atoms with Crippen molar-refractivity contribution in [1.82, 2.24) is 0 Å². The highest BCUT2D eigenvalue weighted by atomic mass is 19.2. The van der Waals surface area contributed by atoms with E-state index in [9.17, 15) is 8.78 Å². The molecule has 31 heavy (non-hydrogen) atoms. The molecule has 0 bridgehead atoms. The van der Waals surface area contributed by atoms with Crippen molar-refractivity contribution >= 4 is 0 Å². The van der Waals surface area contributed by atoms with Crippen molar-refractivity contribution < 1.29 is 13.5 Å². The van der Waals surface area contributed by atoms with Gasteiger partial charge in [-0.1, -0.05) is 54.1 Å². The monoisotopic (exact) mass is 422 g/mol. The van der Waals surface area contributed by atoms with Gasteiger partial charge in [-0.25, -0.2) is 4.39 Å². The predicted octanol–water partition coefficient (Wildman–Crippen LogP) is 8.21. The molecule has 2 aromatic rings. The number of hydrogen-bond acceptors (Lipinski definition) is 1. The second-order valence-electron chi connectivity index (χ2n) is 8.06. The third kappa shape index (κ3) is 6.40. The topological polar surface area (TPSA) is 9.23 Å². The van der Waals surface area contributed by atoms with Crippen molar-refractivity contribution in [2.24, 2.45) is 5.92 Å². The minimum atomic E-state index is -0.932. The molecule has 0 heterocycles. The van der Waals surface area contributed by atoms with E-state index >= 15 is 0 Å². The average Bonchev–Trinajstić information content (AvgIpc) is 2.80. The van der Waals surface area contributed by atoms with E-state index in [0.717, 1.165) is 32.1 Å². The van der Waals surface area contributed by atoms with Crippen molar-refractivity contribution in [2.75, 3.05) is 6.61 Å². The normalized spacial score (nSPS) is 16.4. The molecule has 1 unspecified atom stereocenters. The molecule has 0 amide bonds. The van der Waals surface area contributed by atoms with E-state index in [0.29, 0.717) is 18.1 Å². The lowest BCUT2D eigenvalue weighted by atomic mass is 9.87. The first kappa shape index (κ1) is 23.0. The van der Waals surface area contributed by atoms with E-state index in [4.69, 9.17) is 4.74 Å². The first-order chi connectivity index (χ1) is 15.1. The zero-order valence-electron chi connectivity index (χ0n) is 18.4. The fourth-order valence-corrected chi connectivity index (χ4v) is 4.01.